The Kier molecular flexibility index (Phi) is 5.67. The minimum absolute atomic E-state index is 0.112. The molecule has 1 fully saturated rings. The van der Waals surface area contributed by atoms with E-state index < -0.39 is 0 Å². The number of carbonyl (C=O) groups is 2. The zero-order valence-corrected chi connectivity index (χ0v) is 14.1. The molecule has 1 aliphatic rings. The van der Waals surface area contributed by atoms with E-state index in [-0.39, 0.29) is 11.8 Å². The van der Waals surface area contributed by atoms with Crippen LogP contribution in [0.4, 0.5) is 0 Å². The standard InChI is InChI=1S/C20H22N2O3/c23-19-8-4-14-22(19)15-5-13-21-20(24)16-9-11-18(12-10-16)25-17-6-2-1-3-7-17/h1-3,6-7,9-12H,4-5,8,13-15H2,(H,21,24). The summed E-state index contributed by atoms with van der Waals surface area (Å²) in [6.45, 7) is 2.11. The van der Waals surface area contributed by atoms with E-state index in [0.29, 0.717) is 30.8 Å². The van der Waals surface area contributed by atoms with Gasteiger partial charge < -0.3 is 15.0 Å². The Hall–Kier alpha value is -2.82. The number of benzene rings is 2. The summed E-state index contributed by atoms with van der Waals surface area (Å²) in [6, 6.07) is 16.6. The highest BCUT2D eigenvalue weighted by atomic mass is 16.5. The van der Waals surface area contributed by atoms with Crippen molar-refractivity contribution in [1.29, 1.82) is 0 Å². The largest absolute Gasteiger partial charge is 0.457 e. The number of nitrogens with zero attached hydrogens (tertiary/aromatic N) is 1. The predicted molar refractivity (Wildman–Crippen MR) is 95.7 cm³/mol. The van der Waals surface area contributed by atoms with Gasteiger partial charge in [-0.1, -0.05) is 18.2 Å². The number of rotatable bonds is 7. The molecule has 5 nitrogen and oxygen atoms in total. The Morgan fingerprint density at radius 2 is 1.76 bits per heavy atom. The van der Waals surface area contributed by atoms with Gasteiger partial charge in [-0.2, -0.15) is 0 Å². The van der Waals surface area contributed by atoms with E-state index >= 15 is 0 Å². The van der Waals surface area contributed by atoms with Crippen LogP contribution in [0.1, 0.15) is 29.6 Å². The van der Waals surface area contributed by atoms with Crippen molar-refractivity contribution in [3.63, 3.8) is 0 Å². The first-order chi connectivity index (χ1) is 12.2. The molecule has 2 amide bonds. The van der Waals surface area contributed by atoms with Crippen LogP contribution in [0.2, 0.25) is 0 Å². The Balaban J connectivity index is 1.43. The summed E-state index contributed by atoms with van der Waals surface area (Å²) in [5, 5.41) is 2.89. The van der Waals surface area contributed by atoms with Gasteiger partial charge in [0.15, 0.2) is 0 Å². The van der Waals surface area contributed by atoms with Gasteiger partial charge in [-0.25, -0.2) is 0 Å². The Bertz CT molecular complexity index is 713. The van der Waals surface area contributed by atoms with Crippen LogP contribution in [0.25, 0.3) is 0 Å². The monoisotopic (exact) mass is 338 g/mol. The maximum atomic E-state index is 12.1. The second kappa shape index (κ2) is 8.33. The number of nitrogens with one attached hydrogen (secondary N) is 1. The summed E-state index contributed by atoms with van der Waals surface area (Å²) >= 11 is 0. The van der Waals surface area contributed by atoms with E-state index in [0.717, 1.165) is 25.1 Å². The molecule has 0 aliphatic carbocycles. The number of hydrogen-bond donors (Lipinski definition) is 1. The van der Waals surface area contributed by atoms with Crippen molar-refractivity contribution < 1.29 is 14.3 Å². The summed E-state index contributed by atoms with van der Waals surface area (Å²) in [4.78, 5) is 25.5. The molecule has 2 aromatic rings. The second-order valence-electron chi connectivity index (χ2n) is 6.03. The lowest BCUT2D eigenvalue weighted by molar-refractivity contribution is -0.127. The average molecular weight is 338 g/mol. The molecule has 3 rings (SSSR count). The van der Waals surface area contributed by atoms with Crippen LogP contribution in [-0.2, 0) is 4.79 Å². The number of likely N-dealkylation sites (tertiary alicyclic amines) is 1. The fourth-order valence-electron chi connectivity index (χ4n) is 2.81. The lowest BCUT2D eigenvalue weighted by atomic mass is 10.2. The number of hydrogen-bond acceptors (Lipinski definition) is 3. The van der Waals surface area contributed by atoms with Gasteiger partial charge >= 0.3 is 0 Å². The van der Waals surface area contributed by atoms with Gasteiger partial charge in [0.25, 0.3) is 5.91 Å². The number of ether oxygens (including phenoxy) is 1. The highest BCUT2D eigenvalue weighted by Gasteiger charge is 2.19. The first-order valence-corrected chi connectivity index (χ1v) is 8.61. The molecule has 0 radical (unpaired) electrons. The van der Waals surface area contributed by atoms with Crippen molar-refractivity contribution in [3.8, 4) is 11.5 Å². The zero-order chi connectivity index (χ0) is 17.5. The van der Waals surface area contributed by atoms with E-state index in [1.807, 2.05) is 35.2 Å². The summed E-state index contributed by atoms with van der Waals surface area (Å²) in [7, 11) is 0. The summed E-state index contributed by atoms with van der Waals surface area (Å²) in [6.07, 6.45) is 2.37. The van der Waals surface area contributed by atoms with Gasteiger partial charge in [-0.3, -0.25) is 9.59 Å². The molecular formula is C20H22N2O3. The van der Waals surface area contributed by atoms with Crippen LogP contribution in [0.5, 0.6) is 11.5 Å². The molecule has 130 valence electrons. The highest BCUT2D eigenvalue weighted by Crippen LogP contribution is 2.21. The van der Waals surface area contributed by atoms with Crippen molar-refractivity contribution in [2.45, 2.75) is 19.3 Å². The molecule has 1 aliphatic heterocycles. The molecule has 2 aromatic carbocycles. The molecular weight excluding hydrogens is 316 g/mol. The molecule has 1 heterocycles. The van der Waals surface area contributed by atoms with E-state index in [1.54, 1.807) is 24.3 Å². The molecule has 0 saturated carbocycles. The molecule has 0 aromatic heterocycles. The zero-order valence-electron chi connectivity index (χ0n) is 14.1. The number of para-hydroxylation sites is 1. The quantitative estimate of drug-likeness (QED) is 0.789. The van der Waals surface area contributed by atoms with Crippen LogP contribution in [-0.4, -0.2) is 36.3 Å². The van der Waals surface area contributed by atoms with Crippen LogP contribution in [0.15, 0.2) is 54.6 Å². The molecule has 1 N–H and O–H groups in total. The van der Waals surface area contributed by atoms with Gasteiger partial charge in [-0.05, 0) is 49.2 Å². The normalized spacial score (nSPS) is 13.8. The third kappa shape index (κ3) is 4.83. The predicted octanol–water partition coefficient (Wildman–Crippen LogP) is 3.22. The Morgan fingerprint density at radius 1 is 1.04 bits per heavy atom. The summed E-state index contributed by atoms with van der Waals surface area (Å²) in [5.74, 6) is 1.56. The van der Waals surface area contributed by atoms with Crippen molar-refractivity contribution in [2.24, 2.45) is 0 Å². The Labute approximate surface area is 147 Å². The molecule has 0 atom stereocenters. The molecule has 0 spiro atoms. The van der Waals surface area contributed by atoms with Crippen molar-refractivity contribution in [1.82, 2.24) is 10.2 Å². The van der Waals surface area contributed by atoms with Crippen LogP contribution in [0.3, 0.4) is 0 Å². The highest BCUT2D eigenvalue weighted by molar-refractivity contribution is 5.94. The fourth-order valence-corrected chi connectivity index (χ4v) is 2.81. The lowest BCUT2D eigenvalue weighted by Crippen LogP contribution is -2.30. The molecule has 0 unspecified atom stereocenters. The van der Waals surface area contributed by atoms with Crippen molar-refractivity contribution in [2.75, 3.05) is 19.6 Å². The summed E-state index contributed by atoms with van der Waals surface area (Å²) < 4.78 is 5.71. The smallest absolute Gasteiger partial charge is 0.251 e. The van der Waals surface area contributed by atoms with Crippen molar-refractivity contribution in [3.05, 3.63) is 60.2 Å². The topological polar surface area (TPSA) is 58.6 Å². The van der Waals surface area contributed by atoms with Crippen LogP contribution < -0.4 is 10.1 Å². The van der Waals surface area contributed by atoms with Crippen molar-refractivity contribution >= 4 is 11.8 Å². The second-order valence-corrected chi connectivity index (χ2v) is 6.03. The Morgan fingerprint density at radius 3 is 2.44 bits per heavy atom. The molecule has 25 heavy (non-hydrogen) atoms. The van der Waals surface area contributed by atoms with E-state index in [2.05, 4.69) is 5.32 Å². The number of carbonyl (C=O) groups excluding carboxylic acids is 2. The third-order valence-electron chi connectivity index (χ3n) is 4.16. The van der Waals surface area contributed by atoms with Gasteiger partial charge in [0.2, 0.25) is 5.91 Å². The minimum Gasteiger partial charge on any atom is -0.457 e. The number of amides is 2. The fraction of sp³-hybridized carbons (Fsp3) is 0.300. The molecule has 1 saturated heterocycles. The van der Waals surface area contributed by atoms with Gasteiger partial charge in [0, 0.05) is 31.6 Å². The molecule has 0 bridgehead atoms. The average Bonchev–Trinajstić information content (AvgIpc) is 3.05. The van der Waals surface area contributed by atoms with Gasteiger partial charge in [0.1, 0.15) is 11.5 Å². The van der Waals surface area contributed by atoms with E-state index in [1.165, 1.54) is 0 Å². The first-order valence-electron chi connectivity index (χ1n) is 8.61. The maximum absolute atomic E-state index is 12.1. The first kappa shape index (κ1) is 17.0. The van der Waals surface area contributed by atoms with Gasteiger partial charge in [0.05, 0.1) is 0 Å². The molecule has 5 heteroatoms. The van der Waals surface area contributed by atoms with Crippen LogP contribution >= 0.6 is 0 Å². The van der Waals surface area contributed by atoms with E-state index in [9.17, 15) is 9.59 Å². The van der Waals surface area contributed by atoms with Gasteiger partial charge in [-0.15, -0.1) is 0 Å². The lowest BCUT2D eigenvalue weighted by Gasteiger charge is -2.15. The SMILES string of the molecule is O=C(NCCCN1CCCC1=O)c1ccc(Oc2ccccc2)cc1. The summed E-state index contributed by atoms with van der Waals surface area (Å²) in [5.41, 5.74) is 0.595. The van der Waals surface area contributed by atoms with E-state index in [4.69, 9.17) is 4.74 Å². The maximum Gasteiger partial charge on any atom is 0.251 e. The van der Waals surface area contributed by atoms with Crippen LogP contribution in [0, 0.1) is 0 Å². The minimum atomic E-state index is -0.112. The third-order valence-corrected chi connectivity index (χ3v) is 4.16.